The van der Waals surface area contributed by atoms with Gasteiger partial charge in [-0.3, -0.25) is 9.59 Å². The number of hydrogen-bond acceptors (Lipinski definition) is 9. The van der Waals surface area contributed by atoms with Gasteiger partial charge in [-0.2, -0.15) is 0 Å². The molecule has 0 radical (unpaired) electrons. The molecule has 1 aromatic carbocycles. The van der Waals surface area contributed by atoms with Gasteiger partial charge < -0.3 is 29.5 Å². The monoisotopic (exact) mass is 542 g/mol. The molecule has 2 saturated carbocycles. The van der Waals surface area contributed by atoms with Crippen molar-refractivity contribution < 1.29 is 43.9 Å². The van der Waals surface area contributed by atoms with E-state index in [-0.39, 0.29) is 30.8 Å². The fraction of sp³-hybridized carbons (Fsp3) is 0.633. The average Bonchev–Trinajstić information content (AvgIpc) is 2.87. The molecule has 9 atom stereocenters. The summed E-state index contributed by atoms with van der Waals surface area (Å²) in [6, 6.07) is 8.26. The second-order valence-electron chi connectivity index (χ2n) is 12.5. The molecule has 0 amide bonds. The number of aliphatic hydroxyl groups is 3. The number of ketones is 1. The zero-order valence-corrected chi connectivity index (χ0v) is 23.3. The minimum absolute atomic E-state index is 0.0283. The van der Waals surface area contributed by atoms with E-state index < -0.39 is 70.2 Å². The van der Waals surface area contributed by atoms with E-state index in [0.717, 1.165) is 0 Å². The van der Waals surface area contributed by atoms with Gasteiger partial charge in [0.15, 0.2) is 5.60 Å². The quantitative estimate of drug-likeness (QED) is 0.388. The number of rotatable bonds is 3. The smallest absolute Gasteiger partial charge is 0.338 e. The van der Waals surface area contributed by atoms with E-state index in [1.165, 1.54) is 6.92 Å². The van der Waals surface area contributed by atoms with E-state index in [4.69, 9.17) is 14.2 Å². The summed E-state index contributed by atoms with van der Waals surface area (Å²) in [5.41, 5.74) is -4.73. The number of carbonyl (C=O) groups is 3. The normalized spacial score (nSPS) is 42.7. The summed E-state index contributed by atoms with van der Waals surface area (Å²) in [7, 11) is 0. The fourth-order valence-electron chi connectivity index (χ4n) is 8.16. The molecule has 3 fully saturated rings. The van der Waals surface area contributed by atoms with Crippen molar-refractivity contribution in [1.82, 2.24) is 0 Å². The maximum Gasteiger partial charge on any atom is 0.338 e. The molecule has 9 nitrogen and oxygen atoms in total. The Morgan fingerprint density at radius 3 is 2.31 bits per heavy atom. The number of carbonyl (C=O) groups excluding carboxylic acids is 3. The van der Waals surface area contributed by atoms with Gasteiger partial charge in [-0.25, -0.2) is 4.79 Å². The third-order valence-electron chi connectivity index (χ3n) is 10.2. The molecule has 5 rings (SSSR count). The van der Waals surface area contributed by atoms with Gasteiger partial charge in [0.2, 0.25) is 0 Å². The first-order valence-electron chi connectivity index (χ1n) is 13.5. The van der Waals surface area contributed by atoms with Gasteiger partial charge in [0, 0.05) is 31.1 Å². The molecule has 0 spiro atoms. The number of fused-ring (bicyclic) bond motifs is 5. The Morgan fingerprint density at radius 1 is 1.10 bits per heavy atom. The minimum atomic E-state index is -1.91. The van der Waals surface area contributed by atoms with Gasteiger partial charge in [0.05, 0.1) is 35.7 Å². The second-order valence-corrected chi connectivity index (χ2v) is 12.5. The van der Waals surface area contributed by atoms with Crippen molar-refractivity contribution in [2.24, 2.45) is 22.7 Å². The van der Waals surface area contributed by atoms with Crippen molar-refractivity contribution in [3.05, 3.63) is 47.0 Å². The molecule has 9 heteroatoms. The molecule has 212 valence electrons. The van der Waals surface area contributed by atoms with Gasteiger partial charge in [-0.1, -0.05) is 39.0 Å². The first-order chi connectivity index (χ1) is 18.1. The van der Waals surface area contributed by atoms with Crippen LogP contribution < -0.4 is 0 Å². The topological polar surface area (TPSA) is 140 Å². The maximum absolute atomic E-state index is 14.5. The zero-order chi connectivity index (χ0) is 28.7. The minimum Gasteiger partial charge on any atom is -0.455 e. The molecule has 4 aliphatic rings. The van der Waals surface area contributed by atoms with Crippen LogP contribution in [0.3, 0.4) is 0 Å². The molecule has 1 aromatic rings. The fourth-order valence-corrected chi connectivity index (χ4v) is 8.16. The van der Waals surface area contributed by atoms with E-state index in [1.807, 2.05) is 0 Å². The maximum atomic E-state index is 14.5. The van der Waals surface area contributed by atoms with Crippen molar-refractivity contribution in [2.45, 2.75) is 90.0 Å². The van der Waals surface area contributed by atoms with Crippen LogP contribution in [0.2, 0.25) is 0 Å². The van der Waals surface area contributed by atoms with E-state index >= 15 is 0 Å². The van der Waals surface area contributed by atoms with Crippen molar-refractivity contribution in [2.75, 3.05) is 6.61 Å². The lowest BCUT2D eigenvalue weighted by atomic mass is 9.43. The van der Waals surface area contributed by atoms with Gasteiger partial charge in [-0.15, -0.1) is 0 Å². The molecule has 3 aliphatic carbocycles. The summed E-state index contributed by atoms with van der Waals surface area (Å²) in [6.07, 6.45) is -4.73. The highest BCUT2D eigenvalue weighted by Gasteiger charge is 2.77. The third-order valence-corrected chi connectivity index (χ3v) is 10.2. The van der Waals surface area contributed by atoms with Crippen molar-refractivity contribution in [1.29, 1.82) is 0 Å². The zero-order valence-electron chi connectivity index (χ0n) is 23.3. The molecule has 1 aliphatic heterocycles. The van der Waals surface area contributed by atoms with Crippen LogP contribution in [0, 0.1) is 22.7 Å². The van der Waals surface area contributed by atoms with Crippen molar-refractivity contribution in [3.63, 3.8) is 0 Å². The Bertz CT molecular complexity index is 1240. The van der Waals surface area contributed by atoms with E-state index in [9.17, 15) is 29.7 Å². The number of aliphatic hydroxyl groups excluding tert-OH is 2. The highest BCUT2D eigenvalue weighted by atomic mass is 16.6. The van der Waals surface area contributed by atoms with Crippen LogP contribution in [0.25, 0.3) is 0 Å². The summed E-state index contributed by atoms with van der Waals surface area (Å²) in [6.45, 7) is 9.78. The third kappa shape index (κ3) is 3.63. The standard InChI is InChI=1S/C30H38O9/c1-15-19(32)13-30(36)25(38-26(35)18-10-8-7-9-11-18)23-28(6,24(34)16(2)22(15)27(30,4)5)20(33)12-21-29(23,14-37-21)39-17(3)31/h7-11,16,19-21,23,25,32-33,36H,12-14H2,1-6H3/t16?,19-,20-,21+,23?,25-,28+,29-,30+/m0/s1. The molecular formula is C30H38O9. The van der Waals surface area contributed by atoms with Gasteiger partial charge in [0.25, 0.3) is 0 Å². The lowest BCUT2D eigenvalue weighted by Crippen LogP contribution is -2.81. The SMILES string of the molecule is CC(=O)O[C@@]12CO[C@@H]1C[C@H](O)[C@@]1(C)C(=O)C(C)C3=C(C)[C@@H](O)C[C@@](O)([C@@H](OC(=O)c4ccccc4)C12)C3(C)C. The molecule has 39 heavy (non-hydrogen) atoms. The van der Waals surface area contributed by atoms with Crippen molar-refractivity contribution in [3.8, 4) is 0 Å². The molecule has 3 N–H and O–H groups in total. The molecule has 2 bridgehead atoms. The summed E-state index contributed by atoms with van der Waals surface area (Å²) in [4.78, 5) is 40.6. The van der Waals surface area contributed by atoms with Gasteiger partial charge in [0.1, 0.15) is 23.6 Å². The first kappa shape index (κ1) is 28.0. The lowest BCUT2D eigenvalue weighted by molar-refractivity contribution is -0.345. The molecule has 1 heterocycles. The van der Waals surface area contributed by atoms with E-state index in [0.29, 0.717) is 11.1 Å². The highest BCUT2D eigenvalue weighted by molar-refractivity contribution is 5.92. The second kappa shape index (κ2) is 8.96. The molecule has 1 saturated heterocycles. The van der Waals surface area contributed by atoms with Crippen molar-refractivity contribution >= 4 is 17.7 Å². The number of benzene rings is 1. The summed E-state index contributed by atoms with van der Waals surface area (Å²) in [5.74, 6) is -3.66. The Hall–Kier alpha value is -2.59. The van der Waals surface area contributed by atoms with E-state index in [1.54, 1.807) is 65.0 Å². The summed E-state index contributed by atoms with van der Waals surface area (Å²) >= 11 is 0. The van der Waals surface area contributed by atoms with Crippen LogP contribution in [0.15, 0.2) is 41.5 Å². The van der Waals surface area contributed by atoms with E-state index in [2.05, 4.69) is 0 Å². The van der Waals surface area contributed by atoms with Crippen LogP contribution in [0.1, 0.15) is 64.7 Å². The van der Waals surface area contributed by atoms with Crippen LogP contribution >= 0.6 is 0 Å². The van der Waals surface area contributed by atoms with Gasteiger partial charge in [-0.05, 0) is 37.1 Å². The van der Waals surface area contributed by atoms with Crippen LogP contribution in [-0.4, -0.2) is 75.3 Å². The first-order valence-corrected chi connectivity index (χ1v) is 13.5. The molecule has 0 aromatic heterocycles. The summed E-state index contributed by atoms with van der Waals surface area (Å²) in [5, 5.41) is 35.5. The largest absolute Gasteiger partial charge is 0.455 e. The van der Waals surface area contributed by atoms with Crippen LogP contribution in [0.4, 0.5) is 0 Å². The van der Waals surface area contributed by atoms with Crippen LogP contribution in [0.5, 0.6) is 0 Å². The Balaban J connectivity index is 1.81. The Morgan fingerprint density at radius 2 is 1.74 bits per heavy atom. The highest BCUT2D eigenvalue weighted by Crippen LogP contribution is 2.64. The predicted molar refractivity (Wildman–Crippen MR) is 138 cm³/mol. The average molecular weight is 543 g/mol. The molecular weight excluding hydrogens is 504 g/mol. The molecule has 2 unspecified atom stereocenters. The Kier molecular flexibility index (Phi) is 6.42. The Labute approximate surface area is 228 Å². The number of ether oxygens (including phenoxy) is 3. The summed E-state index contributed by atoms with van der Waals surface area (Å²) < 4.78 is 17.9. The predicted octanol–water partition coefficient (Wildman–Crippen LogP) is 2.36. The number of Topliss-reactive ketones (excluding diaryl/α,β-unsaturated/α-hetero) is 1. The number of hydrogen-bond donors (Lipinski definition) is 3. The number of esters is 2. The van der Waals surface area contributed by atoms with Gasteiger partial charge >= 0.3 is 11.9 Å². The van der Waals surface area contributed by atoms with Crippen LogP contribution in [-0.2, 0) is 23.8 Å². The lowest BCUT2D eigenvalue weighted by Gasteiger charge is -2.67.